The molecule has 0 fully saturated rings. The van der Waals surface area contributed by atoms with Gasteiger partial charge < -0.3 is 26.2 Å². The van der Waals surface area contributed by atoms with Gasteiger partial charge in [0.1, 0.15) is 5.66 Å². The molecule has 6 N–H and O–H groups in total. The van der Waals surface area contributed by atoms with Crippen LogP contribution in [0.3, 0.4) is 0 Å². The average molecular weight is 292 g/mol. The highest BCUT2D eigenvalue weighted by molar-refractivity contribution is 4.83. The van der Waals surface area contributed by atoms with E-state index in [4.69, 9.17) is 10.8 Å². The van der Waals surface area contributed by atoms with Gasteiger partial charge in [0.25, 0.3) is 0 Å². The molecule has 1 unspecified atom stereocenters. The first-order valence-electron chi connectivity index (χ1n) is 7.58. The van der Waals surface area contributed by atoms with Crippen LogP contribution < -0.4 is 5.73 Å². The van der Waals surface area contributed by atoms with Gasteiger partial charge in [0.05, 0.1) is 19.3 Å². The third-order valence-corrected chi connectivity index (χ3v) is 3.64. The summed E-state index contributed by atoms with van der Waals surface area (Å²) < 4.78 is 0. The normalized spacial score (nSPS) is 13.9. The molecule has 0 amide bonds. The molecule has 0 saturated carbocycles. The first kappa shape index (κ1) is 19.8. The highest BCUT2D eigenvalue weighted by atomic mass is 16.3. The Morgan fingerprint density at radius 3 is 2.10 bits per heavy atom. The molecule has 0 heterocycles. The van der Waals surface area contributed by atoms with Crippen molar-refractivity contribution in [1.29, 1.82) is 0 Å². The van der Waals surface area contributed by atoms with Crippen molar-refractivity contribution in [3.8, 4) is 0 Å². The lowest BCUT2D eigenvalue weighted by Gasteiger charge is -2.38. The molecule has 0 aliphatic heterocycles. The molecule has 0 bridgehead atoms. The molecule has 1 atom stereocenters. The van der Waals surface area contributed by atoms with E-state index < -0.39 is 11.8 Å². The van der Waals surface area contributed by atoms with E-state index in [1.165, 1.54) is 0 Å². The third kappa shape index (κ3) is 7.52. The van der Waals surface area contributed by atoms with E-state index in [9.17, 15) is 15.3 Å². The van der Waals surface area contributed by atoms with E-state index in [0.717, 1.165) is 32.2 Å². The van der Waals surface area contributed by atoms with Gasteiger partial charge in [0.2, 0.25) is 0 Å². The summed E-state index contributed by atoms with van der Waals surface area (Å²) in [5.41, 5.74) is 4.94. The zero-order valence-corrected chi connectivity index (χ0v) is 12.7. The van der Waals surface area contributed by atoms with Gasteiger partial charge in [-0.15, -0.1) is 0 Å². The van der Waals surface area contributed by atoms with Crippen molar-refractivity contribution in [1.82, 2.24) is 4.90 Å². The van der Waals surface area contributed by atoms with Gasteiger partial charge in [0.15, 0.2) is 0 Å². The predicted molar refractivity (Wildman–Crippen MR) is 79.1 cm³/mol. The molecule has 0 aliphatic carbocycles. The summed E-state index contributed by atoms with van der Waals surface area (Å²) in [6.45, 7) is 2.96. The number of hydrogen-bond acceptors (Lipinski definition) is 6. The van der Waals surface area contributed by atoms with Gasteiger partial charge in [-0.2, -0.15) is 0 Å². The average Bonchev–Trinajstić information content (AvgIpc) is 2.46. The Morgan fingerprint density at radius 2 is 1.60 bits per heavy atom. The lowest BCUT2D eigenvalue weighted by atomic mass is 10.1. The summed E-state index contributed by atoms with van der Waals surface area (Å²) in [7, 11) is 0. The van der Waals surface area contributed by atoms with Crippen molar-refractivity contribution < 1.29 is 20.4 Å². The number of aliphatic hydroxyl groups excluding tert-OH is 4. The lowest BCUT2D eigenvalue weighted by molar-refractivity contribution is -0.0117. The largest absolute Gasteiger partial charge is 0.396 e. The fraction of sp³-hybridized carbons (Fsp3) is 1.00. The quantitative estimate of drug-likeness (QED) is 0.234. The van der Waals surface area contributed by atoms with E-state index in [-0.39, 0.29) is 19.8 Å². The molecule has 0 aromatic heterocycles. The first-order chi connectivity index (χ1) is 9.53. The summed E-state index contributed by atoms with van der Waals surface area (Å²) in [4.78, 5) is 1.93. The summed E-state index contributed by atoms with van der Waals surface area (Å²) >= 11 is 0. The van der Waals surface area contributed by atoms with Crippen molar-refractivity contribution in [3.05, 3.63) is 0 Å². The van der Waals surface area contributed by atoms with Crippen molar-refractivity contribution in [3.63, 3.8) is 0 Å². The van der Waals surface area contributed by atoms with Crippen LogP contribution in [0, 0.1) is 0 Å². The van der Waals surface area contributed by atoms with Crippen molar-refractivity contribution in [2.45, 2.75) is 57.2 Å². The molecule has 0 aromatic carbocycles. The van der Waals surface area contributed by atoms with Crippen LogP contribution in [0.4, 0.5) is 0 Å². The number of aliphatic hydroxyl groups is 4. The summed E-state index contributed by atoms with van der Waals surface area (Å²) in [5.74, 6) is 0. The Morgan fingerprint density at radius 1 is 1.00 bits per heavy atom. The van der Waals surface area contributed by atoms with Gasteiger partial charge in [-0.25, -0.2) is 0 Å². The topological polar surface area (TPSA) is 110 Å². The van der Waals surface area contributed by atoms with E-state index in [2.05, 4.69) is 6.92 Å². The molecule has 0 rings (SSSR count). The van der Waals surface area contributed by atoms with Crippen molar-refractivity contribution in [2.75, 3.05) is 32.9 Å². The number of rotatable bonds is 13. The maximum atomic E-state index is 9.53. The summed E-state index contributed by atoms with van der Waals surface area (Å²) in [6.07, 6.45) is 4.26. The molecule has 122 valence electrons. The Labute approximate surface area is 122 Å². The molecule has 0 aromatic rings. The van der Waals surface area contributed by atoms with E-state index in [1.807, 2.05) is 4.90 Å². The van der Waals surface area contributed by atoms with E-state index in [1.54, 1.807) is 0 Å². The molecule has 0 radical (unpaired) electrons. The molecule has 0 saturated heterocycles. The predicted octanol–water partition coefficient (Wildman–Crippen LogP) is -0.358. The second kappa shape index (κ2) is 11.4. The maximum absolute atomic E-state index is 9.53. The van der Waals surface area contributed by atoms with E-state index >= 15 is 0 Å². The van der Waals surface area contributed by atoms with Crippen LogP contribution in [0.5, 0.6) is 0 Å². The zero-order chi connectivity index (χ0) is 15.4. The molecular formula is C14H32N2O4. The van der Waals surface area contributed by atoms with Crippen molar-refractivity contribution >= 4 is 0 Å². The van der Waals surface area contributed by atoms with Crippen LogP contribution >= 0.6 is 0 Å². The van der Waals surface area contributed by atoms with Gasteiger partial charge in [-0.05, 0) is 32.1 Å². The Kier molecular flexibility index (Phi) is 11.3. The monoisotopic (exact) mass is 292 g/mol. The third-order valence-electron chi connectivity index (χ3n) is 3.64. The molecule has 6 heteroatoms. The van der Waals surface area contributed by atoms with E-state index in [0.29, 0.717) is 19.4 Å². The zero-order valence-electron chi connectivity index (χ0n) is 12.7. The SMILES string of the molecule is CCCCN(CCCCC(O)CCO)C(N)(CO)CO. The molecular weight excluding hydrogens is 260 g/mol. The molecule has 6 nitrogen and oxygen atoms in total. The van der Waals surface area contributed by atoms with Gasteiger partial charge in [-0.1, -0.05) is 13.3 Å². The highest BCUT2D eigenvalue weighted by Crippen LogP contribution is 2.13. The minimum atomic E-state index is -1.07. The van der Waals surface area contributed by atoms with Crippen LogP contribution in [-0.2, 0) is 0 Å². The highest BCUT2D eigenvalue weighted by Gasteiger charge is 2.30. The number of unbranched alkanes of at least 4 members (excludes halogenated alkanes) is 2. The minimum absolute atomic E-state index is 0.00469. The Balaban J connectivity index is 4.16. The maximum Gasteiger partial charge on any atom is 0.116 e. The van der Waals surface area contributed by atoms with Crippen molar-refractivity contribution in [2.24, 2.45) is 5.73 Å². The van der Waals surface area contributed by atoms with Crippen LogP contribution in [0.1, 0.15) is 45.4 Å². The van der Waals surface area contributed by atoms with Gasteiger partial charge >= 0.3 is 0 Å². The molecule has 0 aliphatic rings. The lowest BCUT2D eigenvalue weighted by Crippen LogP contribution is -2.61. The Bertz CT molecular complexity index is 225. The summed E-state index contributed by atoms with van der Waals surface area (Å²) in [6, 6.07) is 0. The molecule has 20 heavy (non-hydrogen) atoms. The number of hydrogen-bond donors (Lipinski definition) is 5. The smallest absolute Gasteiger partial charge is 0.116 e. The van der Waals surface area contributed by atoms with Crippen LogP contribution in [-0.4, -0.2) is 70.0 Å². The minimum Gasteiger partial charge on any atom is -0.396 e. The fourth-order valence-corrected chi connectivity index (χ4v) is 2.13. The standard InChI is InChI=1S/C14H32N2O4/c1-2-3-8-16(14(15,11-18)12-19)9-5-4-6-13(20)7-10-17/h13,17-20H,2-12,15H2,1H3. The second-order valence-corrected chi connectivity index (χ2v) is 5.42. The first-order valence-corrected chi connectivity index (χ1v) is 7.58. The second-order valence-electron chi connectivity index (χ2n) is 5.42. The summed E-state index contributed by atoms with van der Waals surface area (Å²) in [5, 5.41) is 37.0. The fourth-order valence-electron chi connectivity index (χ4n) is 2.13. The Hall–Kier alpha value is -0.240. The van der Waals surface area contributed by atoms with Gasteiger partial charge in [-0.3, -0.25) is 4.90 Å². The van der Waals surface area contributed by atoms with Crippen LogP contribution in [0.2, 0.25) is 0 Å². The van der Waals surface area contributed by atoms with Crippen LogP contribution in [0.25, 0.3) is 0 Å². The number of nitrogens with zero attached hydrogens (tertiary/aromatic N) is 1. The van der Waals surface area contributed by atoms with Crippen LogP contribution in [0.15, 0.2) is 0 Å². The number of nitrogens with two attached hydrogens (primary N) is 1. The molecule has 0 spiro atoms. The van der Waals surface area contributed by atoms with Gasteiger partial charge in [0, 0.05) is 19.7 Å².